The molecule has 0 aliphatic rings. The highest BCUT2D eigenvalue weighted by Gasteiger charge is 2.19. The quantitative estimate of drug-likeness (QED) is 0.104. The van der Waals surface area contributed by atoms with Crippen LogP contribution in [0.1, 0.15) is 22.8 Å². The number of nitrogens with one attached hydrogen (secondary N) is 3. The van der Waals surface area contributed by atoms with Gasteiger partial charge in [0.1, 0.15) is 11.5 Å². The SMILES string of the molecule is CC(Sc1cccc(NC(=O)/C(=C/c2ccccc2F)NC(=O)c2ccccc2)c1)C(=O)Nc1nc(-c2ccc(Cl)cc2)cs1. The first kappa shape index (κ1) is 31.6. The molecule has 1 heterocycles. The van der Waals surface area contributed by atoms with E-state index in [2.05, 4.69) is 20.9 Å². The predicted octanol–water partition coefficient (Wildman–Crippen LogP) is 8.13. The molecule has 0 aliphatic carbocycles. The Morgan fingerprint density at radius 1 is 0.911 bits per heavy atom. The second kappa shape index (κ2) is 14.8. The summed E-state index contributed by atoms with van der Waals surface area (Å²) in [6.45, 7) is 1.77. The van der Waals surface area contributed by atoms with Crippen LogP contribution in [0.4, 0.5) is 15.2 Å². The molecule has 5 aromatic rings. The molecule has 226 valence electrons. The molecule has 0 saturated heterocycles. The number of halogens is 2. The molecule has 0 spiro atoms. The largest absolute Gasteiger partial charge is 0.321 e. The van der Waals surface area contributed by atoms with Gasteiger partial charge in [-0.3, -0.25) is 14.4 Å². The molecule has 1 aromatic heterocycles. The lowest BCUT2D eigenvalue weighted by Crippen LogP contribution is -2.30. The highest BCUT2D eigenvalue weighted by Crippen LogP contribution is 2.29. The minimum absolute atomic E-state index is 0.138. The number of nitrogens with zero attached hydrogens (tertiary/aromatic N) is 1. The van der Waals surface area contributed by atoms with Gasteiger partial charge in [0.25, 0.3) is 11.8 Å². The highest BCUT2D eigenvalue weighted by atomic mass is 35.5. The van der Waals surface area contributed by atoms with Crippen LogP contribution in [0.2, 0.25) is 5.02 Å². The maximum atomic E-state index is 14.4. The Balaban J connectivity index is 1.25. The molecule has 11 heteroatoms. The van der Waals surface area contributed by atoms with Gasteiger partial charge < -0.3 is 16.0 Å². The smallest absolute Gasteiger partial charge is 0.272 e. The molecule has 4 aromatic carbocycles. The van der Waals surface area contributed by atoms with E-state index in [1.54, 1.807) is 73.7 Å². The van der Waals surface area contributed by atoms with Crippen molar-refractivity contribution in [3.8, 4) is 11.3 Å². The van der Waals surface area contributed by atoms with E-state index in [1.807, 2.05) is 23.6 Å². The van der Waals surface area contributed by atoms with Gasteiger partial charge in [0.05, 0.1) is 10.9 Å². The summed E-state index contributed by atoms with van der Waals surface area (Å²) < 4.78 is 14.4. The Labute approximate surface area is 272 Å². The van der Waals surface area contributed by atoms with E-state index in [0.29, 0.717) is 21.4 Å². The Morgan fingerprint density at radius 2 is 1.64 bits per heavy atom. The molecule has 0 aliphatic heterocycles. The molecule has 1 atom stereocenters. The Morgan fingerprint density at radius 3 is 2.40 bits per heavy atom. The van der Waals surface area contributed by atoms with E-state index in [-0.39, 0.29) is 17.2 Å². The summed E-state index contributed by atoms with van der Waals surface area (Å²) in [4.78, 5) is 44.4. The molecular weight excluding hydrogens is 631 g/mol. The summed E-state index contributed by atoms with van der Waals surface area (Å²) in [5.74, 6) is -1.93. The Kier molecular flexibility index (Phi) is 10.4. The number of rotatable bonds is 10. The summed E-state index contributed by atoms with van der Waals surface area (Å²) in [7, 11) is 0. The number of thioether (sulfide) groups is 1. The van der Waals surface area contributed by atoms with E-state index in [0.717, 1.165) is 16.2 Å². The van der Waals surface area contributed by atoms with E-state index in [9.17, 15) is 18.8 Å². The summed E-state index contributed by atoms with van der Waals surface area (Å²) >= 11 is 8.60. The van der Waals surface area contributed by atoms with Gasteiger partial charge in [-0.25, -0.2) is 9.37 Å². The first-order valence-corrected chi connectivity index (χ1v) is 15.8. The van der Waals surface area contributed by atoms with Crippen molar-refractivity contribution < 1.29 is 18.8 Å². The molecule has 3 amide bonds. The van der Waals surface area contributed by atoms with Crippen molar-refractivity contribution in [1.82, 2.24) is 10.3 Å². The van der Waals surface area contributed by atoms with E-state index in [4.69, 9.17) is 11.6 Å². The molecule has 0 fully saturated rings. The second-order valence-corrected chi connectivity index (χ2v) is 12.4. The maximum Gasteiger partial charge on any atom is 0.272 e. The van der Waals surface area contributed by atoms with Crippen LogP contribution < -0.4 is 16.0 Å². The average molecular weight is 657 g/mol. The third kappa shape index (κ3) is 8.66. The zero-order valence-corrected chi connectivity index (χ0v) is 26.2. The van der Waals surface area contributed by atoms with Gasteiger partial charge >= 0.3 is 0 Å². The second-order valence-electron chi connectivity index (χ2n) is 9.68. The van der Waals surface area contributed by atoms with Crippen molar-refractivity contribution in [3.63, 3.8) is 0 Å². The first-order valence-electron chi connectivity index (χ1n) is 13.7. The van der Waals surface area contributed by atoms with Crippen molar-refractivity contribution in [2.75, 3.05) is 10.6 Å². The summed E-state index contributed by atoms with van der Waals surface area (Å²) in [6.07, 6.45) is 1.29. The zero-order valence-electron chi connectivity index (χ0n) is 23.8. The Bertz CT molecular complexity index is 1860. The molecule has 0 bridgehead atoms. The topological polar surface area (TPSA) is 100 Å². The number of carbonyl (C=O) groups excluding carboxylic acids is 3. The van der Waals surface area contributed by atoms with Crippen LogP contribution in [0.3, 0.4) is 0 Å². The van der Waals surface area contributed by atoms with E-state index in [1.165, 1.54) is 47.4 Å². The fourth-order valence-electron chi connectivity index (χ4n) is 4.08. The number of carbonyl (C=O) groups is 3. The molecule has 5 rings (SSSR count). The van der Waals surface area contributed by atoms with Gasteiger partial charge in [-0.1, -0.05) is 66.2 Å². The van der Waals surface area contributed by atoms with Gasteiger partial charge in [0, 0.05) is 37.7 Å². The van der Waals surface area contributed by atoms with Gasteiger partial charge in [0.2, 0.25) is 5.91 Å². The zero-order chi connectivity index (χ0) is 31.8. The number of aromatic nitrogens is 1. The lowest BCUT2D eigenvalue weighted by atomic mass is 10.1. The molecule has 0 saturated carbocycles. The normalized spacial score (nSPS) is 11.8. The minimum Gasteiger partial charge on any atom is -0.321 e. The number of benzene rings is 4. The number of amides is 3. The highest BCUT2D eigenvalue weighted by molar-refractivity contribution is 8.00. The third-order valence-electron chi connectivity index (χ3n) is 6.38. The Hall–Kier alpha value is -4.77. The average Bonchev–Trinajstić information content (AvgIpc) is 3.51. The van der Waals surface area contributed by atoms with Crippen molar-refractivity contribution in [3.05, 3.63) is 136 Å². The monoisotopic (exact) mass is 656 g/mol. The van der Waals surface area contributed by atoms with Crippen molar-refractivity contribution >= 4 is 69.3 Å². The lowest BCUT2D eigenvalue weighted by Gasteiger charge is -2.14. The number of anilines is 2. The summed E-state index contributed by atoms with van der Waals surface area (Å²) in [6, 6.07) is 28.6. The molecular formula is C34H26ClFN4O3S2. The van der Waals surface area contributed by atoms with Crippen LogP contribution in [-0.4, -0.2) is 28.0 Å². The number of hydrogen-bond acceptors (Lipinski definition) is 6. The van der Waals surface area contributed by atoms with Crippen molar-refractivity contribution in [1.29, 1.82) is 0 Å². The van der Waals surface area contributed by atoms with Crippen molar-refractivity contribution in [2.24, 2.45) is 0 Å². The lowest BCUT2D eigenvalue weighted by molar-refractivity contribution is -0.115. The first-order chi connectivity index (χ1) is 21.7. The van der Waals surface area contributed by atoms with Crippen LogP contribution in [0.5, 0.6) is 0 Å². The van der Waals surface area contributed by atoms with Crippen molar-refractivity contribution in [2.45, 2.75) is 17.1 Å². The van der Waals surface area contributed by atoms with Crippen LogP contribution in [0, 0.1) is 5.82 Å². The van der Waals surface area contributed by atoms with Gasteiger partial charge in [-0.2, -0.15) is 0 Å². The molecule has 1 unspecified atom stereocenters. The standard InChI is InChI=1S/C34H26ClFN4O3S2/c1-21(31(41)40-34-39-30(20-44-34)22-14-16-25(35)17-15-22)45-27-12-7-11-26(19-27)37-33(43)29(18-24-10-5-6-13-28(24)36)38-32(42)23-8-3-2-4-9-23/h2-21H,1H3,(H,37,43)(H,38,42)(H,39,40,41)/b29-18-. The van der Waals surface area contributed by atoms with Crippen LogP contribution in [0.25, 0.3) is 17.3 Å². The summed E-state index contributed by atoms with van der Waals surface area (Å²) in [5, 5.41) is 10.7. The third-order valence-corrected chi connectivity index (χ3v) is 8.49. The van der Waals surface area contributed by atoms with Crippen LogP contribution in [0.15, 0.2) is 119 Å². The van der Waals surface area contributed by atoms with E-state index < -0.39 is 22.9 Å². The van der Waals surface area contributed by atoms with Gasteiger partial charge in [0.15, 0.2) is 5.13 Å². The van der Waals surface area contributed by atoms with Gasteiger partial charge in [-0.15, -0.1) is 23.1 Å². The molecule has 0 radical (unpaired) electrons. The molecule has 7 nitrogen and oxygen atoms in total. The fourth-order valence-corrected chi connectivity index (χ4v) is 5.86. The number of thiazole rings is 1. The molecule has 45 heavy (non-hydrogen) atoms. The van der Waals surface area contributed by atoms with E-state index >= 15 is 0 Å². The molecule has 3 N–H and O–H groups in total. The predicted molar refractivity (Wildman–Crippen MR) is 180 cm³/mol. The minimum atomic E-state index is -0.643. The fraction of sp³-hybridized carbons (Fsp3) is 0.0588. The summed E-state index contributed by atoms with van der Waals surface area (Å²) in [5.41, 5.74) is 2.40. The maximum absolute atomic E-state index is 14.4. The van der Waals surface area contributed by atoms with Crippen LogP contribution >= 0.6 is 34.7 Å². The van der Waals surface area contributed by atoms with Gasteiger partial charge in [-0.05, 0) is 61.5 Å². The van der Waals surface area contributed by atoms with Crippen LogP contribution in [-0.2, 0) is 9.59 Å². The number of hydrogen-bond donors (Lipinski definition) is 3.